The van der Waals surface area contributed by atoms with E-state index in [4.69, 9.17) is 17.3 Å². The molecule has 1 aromatic heterocycles. The van der Waals surface area contributed by atoms with Crippen LogP contribution in [0.5, 0.6) is 0 Å². The predicted molar refractivity (Wildman–Crippen MR) is 133 cm³/mol. The third-order valence-corrected chi connectivity index (χ3v) is 6.12. The Morgan fingerprint density at radius 1 is 0.867 bits per heavy atom. The highest BCUT2D eigenvalue weighted by molar-refractivity contribution is 9.10. The molecule has 4 aromatic rings. The van der Waals surface area contributed by atoms with Crippen molar-refractivity contribution in [3.05, 3.63) is 89.4 Å². The van der Waals surface area contributed by atoms with E-state index in [-0.39, 0.29) is 0 Å². The van der Waals surface area contributed by atoms with Crippen LogP contribution >= 0.6 is 39.9 Å². The van der Waals surface area contributed by atoms with E-state index in [0.29, 0.717) is 10.0 Å². The van der Waals surface area contributed by atoms with E-state index in [1.165, 1.54) is 11.8 Å². The van der Waals surface area contributed by atoms with Gasteiger partial charge in [-0.05, 0) is 30.5 Å². The molecule has 0 saturated heterocycles. The fourth-order valence-corrected chi connectivity index (χ4v) is 3.69. The lowest BCUT2D eigenvalue weighted by Crippen LogP contribution is -2.08. The maximum Gasteiger partial charge on any atom is 0.161 e. The smallest absolute Gasteiger partial charge is 0.161 e. The lowest BCUT2D eigenvalue weighted by Gasteiger charge is -2.07. The average Bonchev–Trinajstić information content (AvgIpc) is 3.19. The molecule has 0 N–H and O–H groups in total. The maximum absolute atomic E-state index is 5.61. The number of hydrogen-bond donors (Lipinski definition) is 0. The summed E-state index contributed by atoms with van der Waals surface area (Å²) in [7, 11) is 0. The number of nitrogens with zero attached hydrogens (tertiary/aromatic N) is 4. The number of thioether (sulfide) groups is 1. The molecule has 4 nitrogen and oxygen atoms in total. The molecular formula is C23H17BrN4S2. The van der Waals surface area contributed by atoms with E-state index in [9.17, 15) is 0 Å². The Kier molecular flexibility index (Phi) is 6.52. The van der Waals surface area contributed by atoms with Gasteiger partial charge in [0.1, 0.15) is 17.1 Å². The molecule has 4 rings (SSSR count). The van der Waals surface area contributed by atoms with Crippen LogP contribution in [0.25, 0.3) is 22.5 Å². The van der Waals surface area contributed by atoms with E-state index in [2.05, 4.69) is 26.2 Å². The first-order valence-corrected chi connectivity index (χ1v) is 11.6. The van der Waals surface area contributed by atoms with Crippen molar-refractivity contribution in [1.29, 1.82) is 0 Å². The Bertz CT molecular complexity index is 1190. The summed E-state index contributed by atoms with van der Waals surface area (Å²) in [5.74, 6) is 0. The van der Waals surface area contributed by atoms with E-state index in [1.807, 2.05) is 91.2 Å². The quantitative estimate of drug-likeness (QED) is 0.214. The predicted octanol–water partition coefficient (Wildman–Crippen LogP) is 7.89. The zero-order valence-electron chi connectivity index (χ0n) is 16.1. The fraction of sp³-hybridized carbons (Fsp3) is 0.0435. The molecule has 3 aromatic carbocycles. The highest BCUT2D eigenvalue weighted by atomic mass is 79.9. The lowest BCUT2D eigenvalue weighted by molar-refractivity contribution is 0.975. The zero-order chi connectivity index (χ0) is 20.9. The van der Waals surface area contributed by atoms with Gasteiger partial charge in [0.05, 0.1) is 5.69 Å². The summed E-state index contributed by atoms with van der Waals surface area (Å²) in [4.78, 5) is 0. The van der Waals surface area contributed by atoms with E-state index in [1.54, 1.807) is 4.68 Å². The molecule has 0 fully saturated rings. The molecule has 7 heteroatoms. The second-order valence-electron chi connectivity index (χ2n) is 6.34. The number of aromatic nitrogens is 2. The summed E-state index contributed by atoms with van der Waals surface area (Å²) in [5, 5.41) is 14.0. The Morgan fingerprint density at radius 2 is 1.47 bits per heavy atom. The van der Waals surface area contributed by atoms with Crippen molar-refractivity contribution in [2.45, 2.75) is 0 Å². The molecule has 0 amide bonds. The van der Waals surface area contributed by atoms with Crippen LogP contribution in [0.2, 0.25) is 0 Å². The molecule has 0 aliphatic carbocycles. The van der Waals surface area contributed by atoms with Crippen LogP contribution in [0.3, 0.4) is 0 Å². The van der Waals surface area contributed by atoms with Gasteiger partial charge in [-0.1, -0.05) is 101 Å². The minimum absolute atomic E-state index is 0.649. The van der Waals surface area contributed by atoms with Gasteiger partial charge in [-0.25, -0.2) is 4.68 Å². The second kappa shape index (κ2) is 9.47. The summed E-state index contributed by atoms with van der Waals surface area (Å²) >= 11 is 10.5. The zero-order valence-corrected chi connectivity index (χ0v) is 19.3. The molecule has 0 aliphatic heterocycles. The highest BCUT2D eigenvalue weighted by Gasteiger charge is 2.22. The van der Waals surface area contributed by atoms with Gasteiger partial charge < -0.3 is 0 Å². The van der Waals surface area contributed by atoms with Crippen molar-refractivity contribution in [2.75, 3.05) is 6.26 Å². The average molecular weight is 493 g/mol. The first-order valence-electron chi connectivity index (χ1n) is 9.17. The molecule has 0 atom stereocenters. The van der Waals surface area contributed by atoms with Crippen LogP contribution in [0.1, 0.15) is 0 Å². The van der Waals surface area contributed by atoms with Gasteiger partial charge in [0.2, 0.25) is 0 Å². The summed E-state index contributed by atoms with van der Waals surface area (Å²) in [6.07, 6.45) is 1.95. The van der Waals surface area contributed by atoms with E-state index < -0.39 is 0 Å². The number of halogens is 1. The minimum Gasteiger partial charge on any atom is -0.213 e. The van der Waals surface area contributed by atoms with Gasteiger partial charge in [-0.15, -0.1) is 5.11 Å². The van der Waals surface area contributed by atoms with Crippen LogP contribution in [-0.4, -0.2) is 20.4 Å². The van der Waals surface area contributed by atoms with Crippen LogP contribution in [0.15, 0.2) is 99.6 Å². The van der Waals surface area contributed by atoms with Gasteiger partial charge >= 0.3 is 0 Å². The van der Waals surface area contributed by atoms with E-state index >= 15 is 0 Å². The first kappa shape index (κ1) is 20.7. The van der Waals surface area contributed by atoms with E-state index in [0.717, 1.165) is 32.7 Å². The van der Waals surface area contributed by atoms with Gasteiger partial charge in [0.15, 0.2) is 4.32 Å². The Balaban J connectivity index is 1.95. The molecule has 0 unspecified atom stereocenters. The molecule has 0 aliphatic rings. The Hall–Kier alpha value is -2.61. The van der Waals surface area contributed by atoms with Crippen molar-refractivity contribution in [3.8, 4) is 22.5 Å². The molecule has 1 heterocycles. The normalized spacial score (nSPS) is 11.1. The van der Waals surface area contributed by atoms with Gasteiger partial charge in [-0.3, -0.25) is 0 Å². The van der Waals surface area contributed by atoms with Crippen LogP contribution in [0.4, 0.5) is 11.4 Å². The molecule has 0 bridgehead atoms. The third kappa shape index (κ3) is 4.43. The molecule has 148 valence electrons. The first-order chi connectivity index (χ1) is 14.7. The van der Waals surface area contributed by atoms with Gasteiger partial charge in [0, 0.05) is 15.6 Å². The van der Waals surface area contributed by atoms with Crippen LogP contribution in [-0.2, 0) is 0 Å². The number of benzene rings is 3. The van der Waals surface area contributed by atoms with Crippen molar-refractivity contribution in [3.63, 3.8) is 0 Å². The topological polar surface area (TPSA) is 42.5 Å². The minimum atomic E-state index is 0.649. The largest absolute Gasteiger partial charge is 0.213 e. The number of rotatable bonds is 4. The van der Waals surface area contributed by atoms with Crippen LogP contribution < -0.4 is 0 Å². The lowest BCUT2D eigenvalue weighted by atomic mass is 10.1. The Labute approximate surface area is 193 Å². The maximum atomic E-state index is 5.61. The van der Waals surface area contributed by atoms with Crippen molar-refractivity contribution in [2.24, 2.45) is 10.2 Å². The standard InChI is InChI=1S/C23H17BrN4S2/c1-30-23(29)28-22(17-10-6-3-7-11-17)21(20(27-28)16-8-4-2-5-9-16)26-25-19-14-12-18(24)13-15-19/h2-15H,1H3. The summed E-state index contributed by atoms with van der Waals surface area (Å²) in [6.45, 7) is 0. The summed E-state index contributed by atoms with van der Waals surface area (Å²) in [6, 6.07) is 27.7. The molecule has 0 spiro atoms. The molecule has 30 heavy (non-hydrogen) atoms. The highest BCUT2D eigenvalue weighted by Crippen LogP contribution is 2.40. The van der Waals surface area contributed by atoms with Crippen molar-refractivity contribution >= 4 is 55.6 Å². The Morgan fingerprint density at radius 3 is 2.07 bits per heavy atom. The molecular weight excluding hydrogens is 476 g/mol. The molecule has 0 radical (unpaired) electrons. The summed E-state index contributed by atoms with van der Waals surface area (Å²) in [5.41, 5.74) is 4.96. The third-order valence-electron chi connectivity index (χ3n) is 4.39. The number of hydrogen-bond acceptors (Lipinski definition) is 5. The van der Waals surface area contributed by atoms with Crippen LogP contribution in [0, 0.1) is 0 Å². The second-order valence-corrected chi connectivity index (χ2v) is 8.69. The SMILES string of the molecule is CSC(=S)n1nc(-c2ccccc2)c(N=Nc2ccc(Br)cc2)c1-c1ccccc1. The summed E-state index contributed by atoms with van der Waals surface area (Å²) < 4.78 is 3.43. The number of azo groups is 1. The van der Waals surface area contributed by atoms with Crippen molar-refractivity contribution in [1.82, 2.24) is 9.78 Å². The van der Waals surface area contributed by atoms with Crippen molar-refractivity contribution < 1.29 is 0 Å². The monoisotopic (exact) mass is 492 g/mol. The van der Waals surface area contributed by atoms with Gasteiger partial charge in [-0.2, -0.15) is 10.2 Å². The molecule has 0 saturated carbocycles. The number of thiocarbonyl (C=S) groups is 1. The van der Waals surface area contributed by atoms with Gasteiger partial charge in [0.25, 0.3) is 0 Å². The fourth-order valence-electron chi connectivity index (χ4n) is 2.98.